The van der Waals surface area contributed by atoms with E-state index in [4.69, 9.17) is 4.74 Å². The fourth-order valence-corrected chi connectivity index (χ4v) is 7.57. The summed E-state index contributed by atoms with van der Waals surface area (Å²) >= 11 is 0. The van der Waals surface area contributed by atoms with Crippen LogP contribution in [0.3, 0.4) is 0 Å². The Bertz CT molecular complexity index is 1420. The van der Waals surface area contributed by atoms with Crippen LogP contribution in [0, 0.1) is 11.8 Å². The van der Waals surface area contributed by atoms with Gasteiger partial charge < -0.3 is 14.7 Å². The molecule has 2 aliphatic rings. The lowest BCUT2D eigenvalue weighted by atomic mass is 9.52. The topological polar surface area (TPSA) is 49.8 Å². The molecule has 2 fully saturated rings. The Morgan fingerprint density at radius 3 is 1.90 bits per heavy atom. The van der Waals surface area contributed by atoms with Crippen LogP contribution in [0.1, 0.15) is 47.9 Å². The summed E-state index contributed by atoms with van der Waals surface area (Å²) in [7, 11) is 1.66. The summed E-state index contributed by atoms with van der Waals surface area (Å²) in [5, 5.41) is 12.7. The molecule has 0 bridgehead atoms. The molecule has 1 heterocycles. The molecule has 4 atom stereocenters. The SMILES string of the molecule is COc1ccccc1[C@]1(O)CCC(c2ccccc2)(c2ccccc2)[C@H]2CN(C(=O)C(C)c3ccccc3)C[C@H]21. The lowest BCUT2D eigenvalue weighted by molar-refractivity contribution is -0.132. The number of methoxy groups -OCH3 is 1. The van der Waals surface area contributed by atoms with E-state index in [9.17, 15) is 9.90 Å². The summed E-state index contributed by atoms with van der Waals surface area (Å²) in [6.45, 7) is 3.08. The van der Waals surface area contributed by atoms with Crippen LogP contribution in [-0.4, -0.2) is 36.1 Å². The van der Waals surface area contributed by atoms with Gasteiger partial charge in [-0.15, -0.1) is 0 Å². The molecule has 0 radical (unpaired) electrons. The molecule has 4 aromatic rings. The first-order chi connectivity index (χ1) is 19.5. The van der Waals surface area contributed by atoms with E-state index in [1.54, 1.807) is 7.11 Å². The second kappa shape index (κ2) is 10.6. The molecule has 1 saturated heterocycles. The molecule has 4 nitrogen and oxygen atoms in total. The summed E-state index contributed by atoms with van der Waals surface area (Å²) in [6.07, 6.45) is 1.32. The first kappa shape index (κ1) is 26.3. The zero-order valence-electron chi connectivity index (χ0n) is 23.2. The fraction of sp³-hybridized carbons (Fsp3) is 0.306. The van der Waals surface area contributed by atoms with Gasteiger partial charge in [0.1, 0.15) is 5.75 Å². The van der Waals surface area contributed by atoms with Crippen molar-refractivity contribution in [2.45, 2.75) is 36.7 Å². The average Bonchev–Trinajstić information content (AvgIpc) is 3.49. The van der Waals surface area contributed by atoms with Gasteiger partial charge in [-0.1, -0.05) is 109 Å². The standard InChI is InChI=1S/C36H37NO3/c1-26(27-14-6-3-7-15-27)34(38)37-24-31-32(25-37)36(39,30-20-12-13-21-33(30)40-2)23-22-35(31,28-16-8-4-9-17-28)29-18-10-5-11-19-29/h3-21,26,31-32,39H,22-25H2,1-2H3/t26?,31-,32+,36+/m0/s1. The van der Waals surface area contributed by atoms with Crippen molar-refractivity contribution in [3.8, 4) is 5.75 Å². The number of aliphatic hydroxyl groups is 1. The Labute approximate surface area is 237 Å². The first-order valence-electron chi connectivity index (χ1n) is 14.3. The van der Waals surface area contributed by atoms with E-state index in [-0.39, 0.29) is 29.1 Å². The van der Waals surface area contributed by atoms with Crippen LogP contribution < -0.4 is 4.74 Å². The number of benzene rings is 4. The molecular weight excluding hydrogens is 494 g/mol. The zero-order valence-corrected chi connectivity index (χ0v) is 23.2. The third-order valence-electron chi connectivity index (χ3n) is 9.60. The van der Waals surface area contributed by atoms with E-state index in [1.165, 1.54) is 11.1 Å². The number of ether oxygens (including phenoxy) is 1. The molecule has 1 saturated carbocycles. The van der Waals surface area contributed by atoms with Gasteiger partial charge in [0.05, 0.1) is 18.6 Å². The van der Waals surface area contributed by atoms with E-state index < -0.39 is 5.60 Å². The van der Waals surface area contributed by atoms with Crippen LogP contribution in [0.4, 0.5) is 0 Å². The molecule has 6 rings (SSSR count). The van der Waals surface area contributed by atoms with Crippen LogP contribution in [0.25, 0.3) is 0 Å². The van der Waals surface area contributed by atoms with Crippen molar-refractivity contribution in [3.05, 3.63) is 138 Å². The lowest BCUT2D eigenvalue weighted by Gasteiger charge is -2.53. The number of rotatable bonds is 6. The Morgan fingerprint density at radius 1 is 0.775 bits per heavy atom. The number of fused-ring (bicyclic) bond motifs is 1. The van der Waals surface area contributed by atoms with Gasteiger partial charge in [0.25, 0.3) is 0 Å². The second-order valence-electron chi connectivity index (χ2n) is 11.4. The Balaban J connectivity index is 1.49. The van der Waals surface area contributed by atoms with Gasteiger partial charge in [-0.05, 0) is 48.4 Å². The number of hydrogen-bond acceptors (Lipinski definition) is 3. The maximum Gasteiger partial charge on any atom is 0.229 e. The van der Waals surface area contributed by atoms with Gasteiger partial charge in [0.2, 0.25) is 5.91 Å². The fourth-order valence-electron chi connectivity index (χ4n) is 7.57. The van der Waals surface area contributed by atoms with Gasteiger partial charge >= 0.3 is 0 Å². The van der Waals surface area contributed by atoms with Crippen LogP contribution >= 0.6 is 0 Å². The minimum absolute atomic E-state index is 0.00730. The molecule has 1 aliphatic carbocycles. The highest BCUT2D eigenvalue weighted by atomic mass is 16.5. The molecule has 1 amide bonds. The minimum Gasteiger partial charge on any atom is -0.496 e. The summed E-state index contributed by atoms with van der Waals surface area (Å²) in [6, 6.07) is 39.2. The molecule has 204 valence electrons. The molecule has 4 aromatic carbocycles. The summed E-state index contributed by atoms with van der Waals surface area (Å²) < 4.78 is 5.76. The van der Waals surface area contributed by atoms with Crippen LogP contribution in [0.5, 0.6) is 5.75 Å². The maximum absolute atomic E-state index is 14.1. The van der Waals surface area contributed by atoms with E-state index >= 15 is 0 Å². The summed E-state index contributed by atoms with van der Waals surface area (Å²) in [5.74, 6) is 0.373. The average molecular weight is 532 g/mol. The van der Waals surface area contributed by atoms with Gasteiger partial charge in [0, 0.05) is 30.0 Å². The van der Waals surface area contributed by atoms with Crippen molar-refractivity contribution in [3.63, 3.8) is 0 Å². The number of nitrogens with zero attached hydrogens (tertiary/aromatic N) is 1. The van der Waals surface area contributed by atoms with Gasteiger partial charge in [-0.3, -0.25) is 4.79 Å². The number of hydrogen-bond donors (Lipinski definition) is 1. The molecule has 0 spiro atoms. The van der Waals surface area contributed by atoms with Crippen molar-refractivity contribution in [1.82, 2.24) is 4.90 Å². The predicted octanol–water partition coefficient (Wildman–Crippen LogP) is 6.54. The van der Waals surface area contributed by atoms with E-state index in [2.05, 4.69) is 60.7 Å². The largest absolute Gasteiger partial charge is 0.496 e. The summed E-state index contributed by atoms with van der Waals surface area (Å²) in [5.41, 5.74) is 2.83. The number of para-hydroxylation sites is 1. The number of carbonyl (C=O) groups excluding carboxylic acids is 1. The molecule has 1 N–H and O–H groups in total. The smallest absolute Gasteiger partial charge is 0.229 e. The minimum atomic E-state index is -1.13. The van der Waals surface area contributed by atoms with Crippen LogP contribution in [0.15, 0.2) is 115 Å². The predicted molar refractivity (Wildman–Crippen MR) is 158 cm³/mol. The molecule has 40 heavy (non-hydrogen) atoms. The van der Waals surface area contributed by atoms with E-state index in [0.29, 0.717) is 25.3 Å². The molecule has 0 aromatic heterocycles. The van der Waals surface area contributed by atoms with Crippen LogP contribution in [0.2, 0.25) is 0 Å². The Morgan fingerprint density at radius 2 is 1.30 bits per heavy atom. The first-order valence-corrected chi connectivity index (χ1v) is 14.3. The maximum atomic E-state index is 14.1. The molecule has 1 unspecified atom stereocenters. The second-order valence-corrected chi connectivity index (χ2v) is 11.4. The Kier molecular flexibility index (Phi) is 6.97. The van der Waals surface area contributed by atoms with E-state index in [1.807, 2.05) is 66.4 Å². The third-order valence-corrected chi connectivity index (χ3v) is 9.60. The van der Waals surface area contributed by atoms with Crippen molar-refractivity contribution in [2.24, 2.45) is 11.8 Å². The van der Waals surface area contributed by atoms with Crippen molar-refractivity contribution in [2.75, 3.05) is 20.2 Å². The van der Waals surface area contributed by atoms with Gasteiger partial charge in [0.15, 0.2) is 0 Å². The quantitative estimate of drug-likeness (QED) is 0.307. The highest BCUT2D eigenvalue weighted by Gasteiger charge is 2.61. The van der Waals surface area contributed by atoms with Crippen molar-refractivity contribution >= 4 is 5.91 Å². The molecule has 1 aliphatic heterocycles. The van der Waals surface area contributed by atoms with Crippen LogP contribution in [-0.2, 0) is 15.8 Å². The number of carbonyl (C=O) groups is 1. The lowest BCUT2D eigenvalue weighted by Crippen LogP contribution is -2.53. The Hall–Kier alpha value is -3.89. The number of amides is 1. The number of likely N-dealkylation sites (tertiary alicyclic amines) is 1. The van der Waals surface area contributed by atoms with E-state index in [0.717, 1.165) is 17.5 Å². The van der Waals surface area contributed by atoms with Crippen molar-refractivity contribution in [1.29, 1.82) is 0 Å². The molecule has 4 heteroatoms. The molecular formula is C36H37NO3. The zero-order chi connectivity index (χ0) is 27.7. The normalized spacial score (nSPS) is 24.2. The summed E-state index contributed by atoms with van der Waals surface area (Å²) in [4.78, 5) is 16.1. The monoisotopic (exact) mass is 531 g/mol. The van der Waals surface area contributed by atoms with Crippen molar-refractivity contribution < 1.29 is 14.6 Å². The highest BCUT2D eigenvalue weighted by Crippen LogP contribution is 2.60. The highest BCUT2D eigenvalue weighted by molar-refractivity contribution is 5.83. The third kappa shape index (κ3) is 4.22. The van der Waals surface area contributed by atoms with Gasteiger partial charge in [-0.25, -0.2) is 0 Å². The van der Waals surface area contributed by atoms with Gasteiger partial charge in [-0.2, -0.15) is 0 Å².